The fourth-order valence-corrected chi connectivity index (χ4v) is 3.39. The third kappa shape index (κ3) is 4.18. The van der Waals surface area contributed by atoms with Gasteiger partial charge in [0, 0.05) is 10.0 Å². The molecule has 25 heavy (non-hydrogen) atoms. The van der Waals surface area contributed by atoms with Gasteiger partial charge in [-0.15, -0.1) is 0 Å². The zero-order valence-corrected chi connectivity index (χ0v) is 15.4. The molecule has 7 heteroatoms. The molecule has 1 heterocycles. The highest BCUT2D eigenvalue weighted by Gasteiger charge is 2.34. The first-order valence-electron chi connectivity index (χ1n) is 7.57. The number of halogens is 2. The summed E-state index contributed by atoms with van der Waals surface area (Å²) in [5.74, 6) is -0.616. The van der Waals surface area contributed by atoms with Gasteiger partial charge in [0.15, 0.2) is 5.11 Å². The highest BCUT2D eigenvalue weighted by molar-refractivity contribution is 7.80. The van der Waals surface area contributed by atoms with Crippen LogP contribution in [0.5, 0.6) is 0 Å². The second-order valence-electron chi connectivity index (χ2n) is 5.68. The van der Waals surface area contributed by atoms with Crippen molar-refractivity contribution in [3.8, 4) is 0 Å². The van der Waals surface area contributed by atoms with Crippen molar-refractivity contribution in [3.63, 3.8) is 0 Å². The molecule has 0 aliphatic carbocycles. The average Bonchev–Trinajstić information content (AvgIpc) is 2.56. The Morgan fingerprint density at radius 1 is 0.840 bits per heavy atom. The normalized spacial score (nSPS) is 15.0. The second-order valence-corrected chi connectivity index (χ2v) is 6.92. The molecule has 2 amide bonds. The van der Waals surface area contributed by atoms with Crippen LogP contribution in [0.3, 0.4) is 0 Å². The lowest BCUT2D eigenvalue weighted by Gasteiger charge is -2.35. The van der Waals surface area contributed by atoms with Gasteiger partial charge in [-0.05, 0) is 47.6 Å². The Labute approximate surface area is 160 Å². The molecule has 0 N–H and O–H groups in total. The molecule has 0 atom stereocenters. The Balaban J connectivity index is 1.81. The van der Waals surface area contributed by atoms with Crippen LogP contribution >= 0.6 is 35.4 Å². The van der Waals surface area contributed by atoms with Crippen LogP contribution in [-0.4, -0.2) is 26.7 Å². The van der Waals surface area contributed by atoms with Gasteiger partial charge in [-0.1, -0.05) is 47.5 Å². The van der Waals surface area contributed by atoms with Crippen molar-refractivity contribution in [2.24, 2.45) is 0 Å². The van der Waals surface area contributed by atoms with E-state index < -0.39 is 0 Å². The van der Waals surface area contributed by atoms with E-state index in [9.17, 15) is 9.59 Å². The Hall–Kier alpha value is -1.95. The van der Waals surface area contributed by atoms with Crippen LogP contribution in [0.2, 0.25) is 10.0 Å². The summed E-state index contributed by atoms with van der Waals surface area (Å²) < 4.78 is 0. The summed E-state index contributed by atoms with van der Waals surface area (Å²) in [6.45, 7) is 0.551. The Morgan fingerprint density at radius 3 is 1.68 bits per heavy atom. The van der Waals surface area contributed by atoms with Crippen molar-refractivity contribution in [2.45, 2.75) is 19.5 Å². The van der Waals surface area contributed by atoms with Crippen molar-refractivity contribution >= 4 is 52.3 Å². The predicted molar refractivity (Wildman–Crippen MR) is 101 cm³/mol. The molecule has 1 aliphatic heterocycles. The molecule has 128 valence electrons. The molecule has 1 aliphatic rings. The summed E-state index contributed by atoms with van der Waals surface area (Å²) in [6.07, 6.45) is -0.207. The van der Waals surface area contributed by atoms with E-state index in [4.69, 9.17) is 35.4 Å². The minimum absolute atomic E-state index is 0.196. The fraction of sp³-hybridized carbons (Fsp3) is 0.167. The van der Waals surface area contributed by atoms with Crippen LogP contribution in [-0.2, 0) is 22.7 Å². The maximum atomic E-state index is 12.3. The summed E-state index contributed by atoms with van der Waals surface area (Å²) in [6, 6.07) is 14.4. The van der Waals surface area contributed by atoms with E-state index in [-0.39, 0.29) is 36.4 Å². The maximum Gasteiger partial charge on any atom is 0.238 e. The number of hydrogen-bond acceptors (Lipinski definition) is 3. The number of nitrogens with zero attached hydrogens (tertiary/aromatic N) is 2. The largest absolute Gasteiger partial charge is 0.284 e. The lowest BCUT2D eigenvalue weighted by Crippen LogP contribution is -2.53. The van der Waals surface area contributed by atoms with E-state index in [1.54, 1.807) is 24.3 Å². The molecule has 2 aromatic rings. The quantitative estimate of drug-likeness (QED) is 0.582. The summed E-state index contributed by atoms with van der Waals surface area (Å²) in [5, 5.41) is 1.36. The third-order valence-corrected chi connectivity index (χ3v) is 4.74. The van der Waals surface area contributed by atoms with Gasteiger partial charge in [-0.3, -0.25) is 19.4 Å². The van der Waals surface area contributed by atoms with Crippen LogP contribution in [0.25, 0.3) is 0 Å². The maximum absolute atomic E-state index is 12.3. The topological polar surface area (TPSA) is 40.6 Å². The zero-order valence-electron chi connectivity index (χ0n) is 13.1. The van der Waals surface area contributed by atoms with Gasteiger partial charge in [-0.25, -0.2) is 0 Å². The average molecular weight is 393 g/mol. The van der Waals surface area contributed by atoms with Gasteiger partial charge in [0.1, 0.15) is 6.42 Å². The number of carbonyl (C=O) groups excluding carboxylic acids is 2. The summed E-state index contributed by atoms with van der Waals surface area (Å²) in [5.41, 5.74) is 1.69. The van der Waals surface area contributed by atoms with E-state index in [0.717, 1.165) is 11.1 Å². The molecule has 0 bridgehead atoms. The first-order chi connectivity index (χ1) is 11.9. The first-order valence-corrected chi connectivity index (χ1v) is 8.74. The Morgan fingerprint density at radius 2 is 1.28 bits per heavy atom. The van der Waals surface area contributed by atoms with Crippen LogP contribution in [0.4, 0.5) is 0 Å². The van der Waals surface area contributed by atoms with E-state index in [2.05, 4.69) is 0 Å². The summed E-state index contributed by atoms with van der Waals surface area (Å²) >= 11 is 17.4. The van der Waals surface area contributed by atoms with Crippen LogP contribution in [0.15, 0.2) is 48.5 Å². The molecule has 2 aromatic carbocycles. The molecule has 0 aromatic heterocycles. The molecule has 1 saturated heterocycles. The Bertz CT molecular complexity index is 789. The van der Waals surface area contributed by atoms with Crippen molar-refractivity contribution < 1.29 is 9.59 Å². The zero-order chi connectivity index (χ0) is 18.0. The SMILES string of the molecule is O=C1CC(=O)N(Cc2cccc(Cl)c2)C(=S)N1Cc1cccc(Cl)c1. The number of benzene rings is 2. The lowest BCUT2D eigenvalue weighted by molar-refractivity contribution is -0.141. The minimum Gasteiger partial charge on any atom is -0.284 e. The first kappa shape index (κ1) is 17.9. The smallest absolute Gasteiger partial charge is 0.238 e. The van der Waals surface area contributed by atoms with Crippen LogP contribution < -0.4 is 0 Å². The third-order valence-electron chi connectivity index (χ3n) is 3.83. The molecule has 1 fully saturated rings. The number of carbonyl (C=O) groups is 2. The standard InChI is InChI=1S/C18H14Cl2N2O2S/c19-14-5-1-3-12(7-14)10-21-16(23)9-17(24)22(18(21)25)11-13-4-2-6-15(20)8-13/h1-8H,9-11H2. The number of thiocarbonyl (C=S) groups is 1. The molecule has 0 radical (unpaired) electrons. The second kappa shape index (κ2) is 7.52. The van der Waals surface area contributed by atoms with Gasteiger partial charge in [0.2, 0.25) is 11.8 Å². The number of amides is 2. The van der Waals surface area contributed by atoms with Crippen LogP contribution in [0.1, 0.15) is 17.5 Å². The monoisotopic (exact) mass is 392 g/mol. The minimum atomic E-state index is -0.308. The molecular weight excluding hydrogens is 379 g/mol. The van der Waals surface area contributed by atoms with Gasteiger partial charge >= 0.3 is 0 Å². The number of rotatable bonds is 4. The number of hydrogen-bond donors (Lipinski definition) is 0. The predicted octanol–water partition coefficient (Wildman–Crippen LogP) is 4.04. The Kier molecular flexibility index (Phi) is 5.37. The van der Waals surface area contributed by atoms with E-state index in [1.165, 1.54) is 9.80 Å². The summed E-state index contributed by atoms with van der Waals surface area (Å²) in [7, 11) is 0. The van der Waals surface area contributed by atoms with Gasteiger partial charge in [0.05, 0.1) is 13.1 Å². The van der Waals surface area contributed by atoms with Crippen molar-refractivity contribution in [1.29, 1.82) is 0 Å². The molecule has 0 unspecified atom stereocenters. The van der Waals surface area contributed by atoms with Gasteiger partial charge in [0.25, 0.3) is 0 Å². The highest BCUT2D eigenvalue weighted by Crippen LogP contribution is 2.21. The van der Waals surface area contributed by atoms with E-state index in [1.807, 2.05) is 24.3 Å². The molecular formula is C18H14Cl2N2O2S. The van der Waals surface area contributed by atoms with Crippen LogP contribution in [0, 0.1) is 0 Å². The van der Waals surface area contributed by atoms with Gasteiger partial charge < -0.3 is 0 Å². The van der Waals surface area contributed by atoms with E-state index >= 15 is 0 Å². The van der Waals surface area contributed by atoms with E-state index in [0.29, 0.717) is 10.0 Å². The molecule has 0 spiro atoms. The molecule has 4 nitrogen and oxygen atoms in total. The van der Waals surface area contributed by atoms with Crippen molar-refractivity contribution in [3.05, 3.63) is 69.7 Å². The molecule has 0 saturated carbocycles. The van der Waals surface area contributed by atoms with Crippen molar-refractivity contribution in [2.75, 3.05) is 0 Å². The lowest BCUT2D eigenvalue weighted by atomic mass is 10.1. The van der Waals surface area contributed by atoms with Crippen molar-refractivity contribution in [1.82, 2.24) is 9.80 Å². The van der Waals surface area contributed by atoms with Gasteiger partial charge in [-0.2, -0.15) is 0 Å². The fourth-order valence-electron chi connectivity index (χ4n) is 2.63. The highest BCUT2D eigenvalue weighted by atomic mass is 35.5. The molecule has 3 rings (SSSR count). The summed E-state index contributed by atoms with van der Waals surface area (Å²) in [4.78, 5) is 27.5.